The summed E-state index contributed by atoms with van der Waals surface area (Å²) >= 11 is 0. The molecule has 5 rings (SSSR count). The number of tetrazole rings is 1. The van der Waals surface area contributed by atoms with Gasteiger partial charge < -0.3 is 5.11 Å². The molecule has 0 atom stereocenters. The highest BCUT2D eigenvalue weighted by Gasteiger charge is 2.26. The Morgan fingerprint density at radius 2 is 1.82 bits per heavy atom. The number of nitrogens with zero attached hydrogens (tertiary/aromatic N) is 6. The fraction of sp³-hybridized carbons (Fsp3) is 0.267. The molecule has 2 N–H and O–H groups in total. The average molecular weight is 538 g/mol. The third-order valence-corrected chi connectivity index (χ3v) is 6.91. The molecule has 0 saturated carbocycles. The number of nitrogens with one attached hydrogen (secondary N) is 1. The minimum absolute atomic E-state index is 0.105. The van der Waals surface area contributed by atoms with Crippen LogP contribution in [0, 0.1) is 0 Å². The van der Waals surface area contributed by atoms with Gasteiger partial charge in [0.1, 0.15) is 0 Å². The standard InChI is InChI=1S/C30H31N7O3/c1-5-7-21-18-37(26-23(28(38)39)8-6-9-25(26)30(2,3)4)29(40)36(21)17-19-10-12-20(13-11-19)24-16-31-15-14-22(24)27-32-34-35-33-27/h6,8-16,18H,5,7,17H2,1-4H3,(H,38,39)(H,32,33,34,35). The van der Waals surface area contributed by atoms with Crippen molar-refractivity contribution < 1.29 is 9.90 Å². The monoisotopic (exact) mass is 537 g/mol. The van der Waals surface area contributed by atoms with Crippen LogP contribution in [0.2, 0.25) is 0 Å². The van der Waals surface area contributed by atoms with Crippen LogP contribution in [0.4, 0.5) is 0 Å². The molecule has 3 aromatic heterocycles. The number of carboxylic acid groups (broad SMARTS) is 1. The van der Waals surface area contributed by atoms with Crippen LogP contribution in [0.25, 0.3) is 28.2 Å². The summed E-state index contributed by atoms with van der Waals surface area (Å²) in [5, 5.41) is 24.2. The van der Waals surface area contributed by atoms with Crippen molar-refractivity contribution in [2.45, 2.75) is 52.5 Å². The molecule has 0 aliphatic rings. The molecule has 0 aliphatic heterocycles. The molecule has 5 aromatic rings. The second kappa shape index (κ2) is 10.7. The summed E-state index contributed by atoms with van der Waals surface area (Å²) in [4.78, 5) is 30.4. The number of aromatic amines is 1. The number of imidazole rings is 1. The summed E-state index contributed by atoms with van der Waals surface area (Å²) in [6, 6.07) is 15.0. The zero-order chi connectivity index (χ0) is 28.4. The first kappa shape index (κ1) is 26.7. The molecule has 10 heteroatoms. The predicted molar refractivity (Wildman–Crippen MR) is 152 cm³/mol. The van der Waals surface area contributed by atoms with E-state index < -0.39 is 5.97 Å². The van der Waals surface area contributed by atoms with E-state index in [9.17, 15) is 14.7 Å². The van der Waals surface area contributed by atoms with Crippen LogP contribution in [0.1, 0.15) is 61.3 Å². The quantitative estimate of drug-likeness (QED) is 0.288. The Balaban J connectivity index is 1.55. The molecule has 0 aliphatic carbocycles. The number of rotatable bonds is 8. The Hall–Kier alpha value is -4.86. The molecular weight excluding hydrogens is 506 g/mol. The lowest BCUT2D eigenvalue weighted by molar-refractivity contribution is 0.0696. The van der Waals surface area contributed by atoms with E-state index in [1.54, 1.807) is 35.3 Å². The predicted octanol–water partition coefficient (Wildman–Crippen LogP) is 4.88. The number of benzene rings is 2. The SMILES string of the molecule is CCCc1cn(-c2c(C(=O)O)cccc2C(C)(C)C)c(=O)n1Cc1ccc(-c2cnccc2-c2nnn[nH]2)cc1. The fourth-order valence-electron chi connectivity index (χ4n) is 4.97. The third kappa shape index (κ3) is 5.07. The molecule has 0 saturated heterocycles. The van der Waals surface area contributed by atoms with Gasteiger partial charge in [0, 0.05) is 35.4 Å². The van der Waals surface area contributed by atoms with E-state index in [1.165, 1.54) is 4.57 Å². The number of aromatic nitrogens is 7. The van der Waals surface area contributed by atoms with Crippen molar-refractivity contribution in [1.82, 2.24) is 34.7 Å². The second-order valence-electron chi connectivity index (χ2n) is 10.7. The van der Waals surface area contributed by atoms with Crippen LogP contribution in [0.5, 0.6) is 0 Å². The van der Waals surface area contributed by atoms with Gasteiger partial charge >= 0.3 is 11.7 Å². The molecule has 204 valence electrons. The highest BCUT2D eigenvalue weighted by atomic mass is 16.4. The summed E-state index contributed by atoms with van der Waals surface area (Å²) in [6.07, 6.45) is 6.78. The van der Waals surface area contributed by atoms with E-state index in [0.717, 1.165) is 39.9 Å². The van der Waals surface area contributed by atoms with Gasteiger partial charge in [0.15, 0.2) is 5.82 Å². The van der Waals surface area contributed by atoms with E-state index in [2.05, 4.69) is 32.5 Å². The normalized spacial score (nSPS) is 11.6. The number of hydrogen-bond donors (Lipinski definition) is 2. The first-order chi connectivity index (χ1) is 19.2. The maximum absolute atomic E-state index is 13.9. The molecule has 0 spiro atoms. The number of aromatic carboxylic acids is 1. The molecule has 40 heavy (non-hydrogen) atoms. The zero-order valence-electron chi connectivity index (χ0n) is 22.9. The topological polar surface area (TPSA) is 132 Å². The summed E-state index contributed by atoms with van der Waals surface area (Å²) in [5.74, 6) is -0.515. The van der Waals surface area contributed by atoms with Gasteiger partial charge in [0.25, 0.3) is 0 Å². The minimum Gasteiger partial charge on any atom is -0.478 e. The summed E-state index contributed by atoms with van der Waals surface area (Å²) in [7, 11) is 0. The molecule has 3 heterocycles. The zero-order valence-corrected chi connectivity index (χ0v) is 22.9. The van der Waals surface area contributed by atoms with E-state index in [1.807, 2.05) is 57.2 Å². The van der Waals surface area contributed by atoms with Crippen LogP contribution < -0.4 is 5.69 Å². The van der Waals surface area contributed by atoms with Gasteiger partial charge in [0.2, 0.25) is 0 Å². The van der Waals surface area contributed by atoms with Gasteiger partial charge in [-0.15, -0.1) is 5.10 Å². The number of hydrogen-bond acceptors (Lipinski definition) is 6. The molecule has 0 radical (unpaired) electrons. The van der Waals surface area contributed by atoms with Gasteiger partial charge in [-0.05, 0) is 51.1 Å². The Bertz CT molecular complexity index is 1710. The number of para-hydroxylation sites is 1. The molecule has 10 nitrogen and oxygen atoms in total. The third-order valence-electron chi connectivity index (χ3n) is 6.91. The lowest BCUT2D eigenvalue weighted by atomic mass is 9.84. The number of carbonyl (C=O) groups is 1. The number of H-pyrrole nitrogens is 1. The van der Waals surface area contributed by atoms with Crippen molar-refractivity contribution in [2.75, 3.05) is 0 Å². The Labute approximate surface area is 231 Å². The summed E-state index contributed by atoms with van der Waals surface area (Å²) < 4.78 is 3.25. The van der Waals surface area contributed by atoms with Gasteiger partial charge in [-0.2, -0.15) is 0 Å². The fourth-order valence-corrected chi connectivity index (χ4v) is 4.97. The maximum atomic E-state index is 13.9. The lowest BCUT2D eigenvalue weighted by Gasteiger charge is -2.24. The average Bonchev–Trinajstić information content (AvgIpc) is 3.58. The van der Waals surface area contributed by atoms with E-state index in [-0.39, 0.29) is 16.7 Å². The lowest BCUT2D eigenvalue weighted by Crippen LogP contribution is -2.28. The first-order valence-corrected chi connectivity index (χ1v) is 13.1. The van der Waals surface area contributed by atoms with Crippen molar-refractivity contribution in [3.8, 4) is 28.2 Å². The molecule has 0 bridgehead atoms. The highest BCUT2D eigenvalue weighted by molar-refractivity contribution is 5.93. The molecule has 2 aromatic carbocycles. The van der Waals surface area contributed by atoms with Crippen molar-refractivity contribution in [1.29, 1.82) is 0 Å². The summed E-state index contributed by atoms with van der Waals surface area (Å²) in [5.41, 5.74) is 5.13. The number of carboxylic acids is 1. The van der Waals surface area contributed by atoms with Crippen LogP contribution in [-0.2, 0) is 18.4 Å². The molecule has 0 fully saturated rings. The van der Waals surface area contributed by atoms with Crippen LogP contribution >= 0.6 is 0 Å². The Morgan fingerprint density at radius 3 is 2.48 bits per heavy atom. The minimum atomic E-state index is -1.07. The molecule has 0 amide bonds. The van der Waals surface area contributed by atoms with Crippen molar-refractivity contribution in [2.24, 2.45) is 0 Å². The maximum Gasteiger partial charge on any atom is 0.337 e. The van der Waals surface area contributed by atoms with Gasteiger partial charge in [-0.25, -0.2) is 14.7 Å². The summed E-state index contributed by atoms with van der Waals surface area (Å²) in [6.45, 7) is 8.46. The highest BCUT2D eigenvalue weighted by Crippen LogP contribution is 2.32. The largest absolute Gasteiger partial charge is 0.478 e. The number of pyridine rings is 1. The second-order valence-corrected chi connectivity index (χ2v) is 10.7. The van der Waals surface area contributed by atoms with Gasteiger partial charge in [-0.3, -0.25) is 14.1 Å². The molecule has 0 unspecified atom stereocenters. The van der Waals surface area contributed by atoms with Crippen LogP contribution in [0.3, 0.4) is 0 Å². The van der Waals surface area contributed by atoms with Crippen molar-refractivity contribution in [3.63, 3.8) is 0 Å². The molecular formula is C30H31N7O3. The van der Waals surface area contributed by atoms with Crippen molar-refractivity contribution in [3.05, 3.63) is 100.0 Å². The van der Waals surface area contributed by atoms with E-state index in [0.29, 0.717) is 24.5 Å². The smallest absolute Gasteiger partial charge is 0.337 e. The van der Waals surface area contributed by atoms with E-state index >= 15 is 0 Å². The van der Waals surface area contributed by atoms with Crippen LogP contribution in [-0.4, -0.2) is 45.8 Å². The first-order valence-electron chi connectivity index (χ1n) is 13.1. The van der Waals surface area contributed by atoms with Gasteiger partial charge in [0.05, 0.1) is 17.8 Å². The Morgan fingerprint density at radius 1 is 1.05 bits per heavy atom. The van der Waals surface area contributed by atoms with Gasteiger partial charge in [-0.1, -0.05) is 70.5 Å². The van der Waals surface area contributed by atoms with Crippen molar-refractivity contribution >= 4 is 5.97 Å². The Kier molecular flexibility index (Phi) is 7.17. The number of aryl methyl sites for hydroxylation is 1. The van der Waals surface area contributed by atoms with Crippen LogP contribution in [0.15, 0.2) is 71.9 Å². The van der Waals surface area contributed by atoms with E-state index in [4.69, 9.17) is 0 Å².